The molecule has 1 aromatic heterocycles. The van der Waals surface area contributed by atoms with Crippen molar-refractivity contribution in [2.24, 2.45) is 5.73 Å². The maximum atomic E-state index is 12.6. The zero-order chi connectivity index (χ0) is 17.9. The van der Waals surface area contributed by atoms with E-state index in [9.17, 15) is 18.0 Å². The van der Waals surface area contributed by atoms with E-state index in [1.807, 2.05) is 0 Å². The molecular weight excluding hydrogens is 393 g/mol. The number of hydrogen-bond acceptors (Lipinski definition) is 5. The number of carbonyl (C=O) groups is 2. The van der Waals surface area contributed by atoms with E-state index in [1.54, 1.807) is 17.5 Å². The molecule has 1 atom stereocenters. The lowest BCUT2D eigenvalue weighted by Crippen LogP contribution is -2.36. The van der Waals surface area contributed by atoms with Crippen LogP contribution in [0.25, 0.3) is 0 Å². The van der Waals surface area contributed by atoms with Gasteiger partial charge in [-0.05, 0) is 36.1 Å². The Morgan fingerprint density at radius 3 is 2.42 bits per heavy atom. The highest BCUT2D eigenvalue weighted by Gasteiger charge is 2.33. The molecule has 24 heavy (non-hydrogen) atoms. The third kappa shape index (κ3) is 4.16. The highest BCUT2D eigenvalue weighted by atomic mass is 35.5. The Bertz CT molecular complexity index is 864. The first kappa shape index (κ1) is 18.9. The van der Waals surface area contributed by atoms with E-state index >= 15 is 0 Å². The minimum atomic E-state index is -4.07. The SMILES string of the molecule is NC(=O)[C@@H](CCC(=O)c1cccs1)S(=O)(=O)c1ccc(Cl)c(Cl)c1. The lowest BCUT2D eigenvalue weighted by atomic mass is 10.1. The summed E-state index contributed by atoms with van der Waals surface area (Å²) in [5, 5.41) is 0.471. The van der Waals surface area contributed by atoms with Crippen molar-refractivity contribution in [3.8, 4) is 0 Å². The van der Waals surface area contributed by atoms with Crippen LogP contribution >= 0.6 is 34.5 Å². The molecule has 9 heteroatoms. The summed E-state index contributed by atoms with van der Waals surface area (Å²) in [5.41, 5.74) is 5.25. The largest absolute Gasteiger partial charge is 0.369 e. The van der Waals surface area contributed by atoms with Gasteiger partial charge in [-0.15, -0.1) is 11.3 Å². The van der Waals surface area contributed by atoms with E-state index in [4.69, 9.17) is 28.9 Å². The zero-order valence-electron chi connectivity index (χ0n) is 12.2. The highest BCUT2D eigenvalue weighted by molar-refractivity contribution is 7.92. The van der Waals surface area contributed by atoms with Gasteiger partial charge in [0.15, 0.2) is 15.6 Å². The Kier molecular flexibility index (Phi) is 6.03. The number of thiophene rings is 1. The molecule has 1 aromatic carbocycles. The molecule has 0 spiro atoms. The van der Waals surface area contributed by atoms with Crippen molar-refractivity contribution in [3.05, 3.63) is 50.6 Å². The van der Waals surface area contributed by atoms with Crippen LogP contribution in [-0.4, -0.2) is 25.4 Å². The van der Waals surface area contributed by atoms with E-state index in [1.165, 1.54) is 23.5 Å². The average molecular weight is 406 g/mol. The maximum absolute atomic E-state index is 12.6. The van der Waals surface area contributed by atoms with Crippen molar-refractivity contribution in [2.45, 2.75) is 23.0 Å². The van der Waals surface area contributed by atoms with Crippen LogP contribution in [0.4, 0.5) is 0 Å². The number of nitrogens with two attached hydrogens (primary N) is 1. The van der Waals surface area contributed by atoms with Crippen LogP contribution in [0.3, 0.4) is 0 Å². The van der Waals surface area contributed by atoms with Crippen molar-refractivity contribution in [1.29, 1.82) is 0 Å². The number of benzene rings is 1. The van der Waals surface area contributed by atoms with Gasteiger partial charge in [-0.1, -0.05) is 29.3 Å². The maximum Gasteiger partial charge on any atom is 0.236 e. The summed E-state index contributed by atoms with van der Waals surface area (Å²) in [6.07, 6.45) is -0.302. The molecule has 2 N–H and O–H groups in total. The molecule has 0 saturated carbocycles. The third-order valence-electron chi connectivity index (χ3n) is 3.34. The van der Waals surface area contributed by atoms with E-state index in [0.717, 1.165) is 6.07 Å². The van der Waals surface area contributed by atoms with Crippen molar-refractivity contribution in [2.75, 3.05) is 0 Å². The molecule has 0 aliphatic carbocycles. The first-order valence-corrected chi connectivity index (χ1v) is 9.96. The van der Waals surface area contributed by atoms with Gasteiger partial charge >= 0.3 is 0 Å². The molecule has 0 fully saturated rings. The van der Waals surface area contributed by atoms with Crippen molar-refractivity contribution in [1.82, 2.24) is 0 Å². The van der Waals surface area contributed by atoms with Gasteiger partial charge in [0.25, 0.3) is 0 Å². The van der Waals surface area contributed by atoms with Crippen LogP contribution in [0.5, 0.6) is 0 Å². The quantitative estimate of drug-likeness (QED) is 0.714. The number of primary amides is 1. The predicted molar refractivity (Wildman–Crippen MR) is 94.5 cm³/mol. The lowest BCUT2D eigenvalue weighted by Gasteiger charge is -2.14. The molecule has 128 valence electrons. The highest BCUT2D eigenvalue weighted by Crippen LogP contribution is 2.28. The summed E-state index contributed by atoms with van der Waals surface area (Å²) in [5.74, 6) is -1.25. The number of halogens is 2. The van der Waals surface area contributed by atoms with Crippen LogP contribution < -0.4 is 5.73 Å². The number of rotatable bonds is 7. The summed E-state index contributed by atoms with van der Waals surface area (Å²) >= 11 is 12.9. The van der Waals surface area contributed by atoms with E-state index in [0.29, 0.717) is 4.88 Å². The molecule has 2 aromatic rings. The van der Waals surface area contributed by atoms with Gasteiger partial charge in [-0.25, -0.2) is 8.42 Å². The lowest BCUT2D eigenvalue weighted by molar-refractivity contribution is -0.117. The molecule has 0 saturated heterocycles. The van der Waals surface area contributed by atoms with Gasteiger partial charge in [0.1, 0.15) is 5.25 Å². The van der Waals surface area contributed by atoms with Gasteiger partial charge in [-0.3, -0.25) is 9.59 Å². The fraction of sp³-hybridized carbons (Fsp3) is 0.200. The second-order valence-corrected chi connectivity index (χ2v) is 8.84. The predicted octanol–water partition coefficient (Wildman–Crippen LogP) is 3.35. The summed E-state index contributed by atoms with van der Waals surface area (Å²) in [6.45, 7) is 0. The van der Waals surface area contributed by atoms with Crippen molar-refractivity contribution in [3.63, 3.8) is 0 Å². The standard InChI is InChI=1S/C15H13Cl2NO4S2/c16-10-4-3-9(8-11(10)17)24(21,22)14(15(18)20)6-5-12(19)13-2-1-7-23-13/h1-4,7-8,14H,5-6H2,(H2,18,20)/t14-/m1/s1. The first-order chi connectivity index (χ1) is 11.2. The zero-order valence-corrected chi connectivity index (χ0v) is 15.4. The molecule has 5 nitrogen and oxygen atoms in total. The van der Waals surface area contributed by atoms with E-state index in [-0.39, 0.29) is 33.6 Å². The molecule has 0 unspecified atom stereocenters. The monoisotopic (exact) mass is 405 g/mol. The van der Waals surface area contributed by atoms with Gasteiger partial charge in [0, 0.05) is 6.42 Å². The second-order valence-electron chi connectivity index (χ2n) is 4.95. The van der Waals surface area contributed by atoms with Crippen molar-refractivity contribution >= 4 is 56.1 Å². The number of ketones is 1. The fourth-order valence-electron chi connectivity index (χ4n) is 2.09. The van der Waals surface area contributed by atoms with Crippen LogP contribution in [0, 0.1) is 0 Å². The Balaban J connectivity index is 2.24. The summed E-state index contributed by atoms with van der Waals surface area (Å²) in [7, 11) is -4.07. The van der Waals surface area contributed by atoms with Gasteiger partial charge < -0.3 is 5.73 Å². The Morgan fingerprint density at radius 1 is 1.17 bits per heavy atom. The Morgan fingerprint density at radius 2 is 1.88 bits per heavy atom. The van der Waals surface area contributed by atoms with Crippen LogP contribution in [-0.2, 0) is 14.6 Å². The average Bonchev–Trinajstić information content (AvgIpc) is 3.03. The topological polar surface area (TPSA) is 94.3 Å². The number of carbonyl (C=O) groups excluding carboxylic acids is 2. The van der Waals surface area contributed by atoms with Crippen molar-refractivity contribution < 1.29 is 18.0 Å². The molecule has 1 amide bonds. The van der Waals surface area contributed by atoms with Crippen LogP contribution in [0.15, 0.2) is 40.6 Å². The molecular formula is C15H13Cl2NO4S2. The van der Waals surface area contributed by atoms with E-state index in [2.05, 4.69) is 0 Å². The Hall–Kier alpha value is -1.41. The molecule has 1 heterocycles. The Labute approximate surface area is 153 Å². The number of Topliss-reactive ketones (excluding diaryl/α,β-unsaturated/α-hetero) is 1. The molecule has 0 radical (unpaired) electrons. The normalized spacial score (nSPS) is 12.8. The first-order valence-electron chi connectivity index (χ1n) is 6.78. The molecule has 0 aliphatic heterocycles. The minimum Gasteiger partial charge on any atom is -0.369 e. The van der Waals surface area contributed by atoms with Gasteiger partial charge in [0.2, 0.25) is 5.91 Å². The smallest absolute Gasteiger partial charge is 0.236 e. The second kappa shape index (κ2) is 7.65. The van der Waals surface area contributed by atoms with Crippen LogP contribution in [0.2, 0.25) is 10.0 Å². The summed E-state index contributed by atoms with van der Waals surface area (Å²) in [4.78, 5) is 24.0. The number of hydrogen-bond donors (Lipinski definition) is 1. The number of amides is 1. The van der Waals surface area contributed by atoms with Crippen LogP contribution in [0.1, 0.15) is 22.5 Å². The number of sulfone groups is 1. The van der Waals surface area contributed by atoms with Gasteiger partial charge in [-0.2, -0.15) is 0 Å². The summed E-state index contributed by atoms with van der Waals surface area (Å²) < 4.78 is 25.3. The summed E-state index contributed by atoms with van der Waals surface area (Å²) in [6, 6.07) is 7.10. The van der Waals surface area contributed by atoms with E-state index < -0.39 is 21.0 Å². The third-order valence-corrected chi connectivity index (χ3v) is 7.12. The molecule has 0 bridgehead atoms. The molecule has 0 aliphatic rings. The van der Waals surface area contributed by atoms with Gasteiger partial charge in [0.05, 0.1) is 19.8 Å². The fourth-order valence-corrected chi connectivity index (χ4v) is 4.75. The molecule has 2 rings (SSSR count). The minimum absolute atomic E-state index is 0.0515.